The van der Waals surface area contributed by atoms with E-state index in [1.807, 2.05) is 32.0 Å². The Morgan fingerprint density at radius 2 is 1.90 bits per heavy atom. The highest BCUT2D eigenvalue weighted by Crippen LogP contribution is 2.22. The summed E-state index contributed by atoms with van der Waals surface area (Å²) in [7, 11) is 0. The fourth-order valence-corrected chi connectivity index (χ4v) is 1.99. The monoisotopic (exact) mass is 291 g/mol. The highest BCUT2D eigenvalue weighted by atomic mass is 16.6. The summed E-state index contributed by atoms with van der Waals surface area (Å²) in [4.78, 5) is 23.4. The number of amides is 1. The van der Waals surface area contributed by atoms with Crippen LogP contribution in [0.1, 0.15) is 30.9 Å². The lowest BCUT2D eigenvalue weighted by molar-refractivity contribution is -0.156. The van der Waals surface area contributed by atoms with E-state index in [1.54, 1.807) is 6.92 Å². The third-order valence-corrected chi connectivity index (χ3v) is 3.34. The van der Waals surface area contributed by atoms with E-state index < -0.39 is 12.1 Å². The van der Waals surface area contributed by atoms with Crippen molar-refractivity contribution in [1.29, 1.82) is 0 Å². The Labute approximate surface area is 124 Å². The normalized spacial score (nSPS) is 15.2. The molecule has 0 bridgehead atoms. The lowest BCUT2D eigenvalue weighted by atomic mass is 10.1. The molecule has 2 rings (SSSR count). The molecule has 0 heterocycles. The zero-order valence-corrected chi connectivity index (χ0v) is 12.6. The number of aryl methyl sites for hydroxylation is 2. The van der Waals surface area contributed by atoms with Gasteiger partial charge in [-0.3, -0.25) is 4.79 Å². The Bertz CT molecular complexity index is 517. The van der Waals surface area contributed by atoms with Crippen LogP contribution < -0.4 is 10.1 Å². The van der Waals surface area contributed by atoms with Crippen molar-refractivity contribution in [3.05, 3.63) is 29.3 Å². The summed E-state index contributed by atoms with van der Waals surface area (Å²) in [6, 6.07) is 6.02. The van der Waals surface area contributed by atoms with Crippen LogP contribution in [0, 0.1) is 13.8 Å². The molecule has 0 saturated heterocycles. The Morgan fingerprint density at radius 1 is 1.29 bits per heavy atom. The van der Waals surface area contributed by atoms with Crippen LogP contribution in [0.15, 0.2) is 18.2 Å². The zero-order valence-electron chi connectivity index (χ0n) is 12.6. The van der Waals surface area contributed by atoms with E-state index in [9.17, 15) is 9.59 Å². The number of rotatable bonds is 6. The third kappa shape index (κ3) is 4.48. The van der Waals surface area contributed by atoms with E-state index in [1.165, 1.54) is 0 Å². The molecule has 0 aliphatic heterocycles. The second-order valence-corrected chi connectivity index (χ2v) is 5.42. The van der Waals surface area contributed by atoms with Crippen LogP contribution in [0.3, 0.4) is 0 Å². The first-order valence-corrected chi connectivity index (χ1v) is 7.16. The second-order valence-electron chi connectivity index (χ2n) is 5.42. The number of hydrogen-bond acceptors (Lipinski definition) is 4. The number of carbonyl (C=O) groups excluding carboxylic acids is 2. The maximum atomic E-state index is 11.7. The minimum absolute atomic E-state index is 0.202. The lowest BCUT2D eigenvalue weighted by Crippen LogP contribution is -2.37. The average Bonchev–Trinajstić information content (AvgIpc) is 3.22. The minimum atomic E-state index is -0.792. The number of hydrogen-bond donors (Lipinski definition) is 1. The Kier molecular flexibility index (Phi) is 4.83. The summed E-state index contributed by atoms with van der Waals surface area (Å²) in [6.07, 6.45) is 1.21. The van der Waals surface area contributed by atoms with Gasteiger partial charge in [0, 0.05) is 6.04 Å². The number of ether oxygens (including phenoxy) is 2. The van der Waals surface area contributed by atoms with Gasteiger partial charge in [-0.05, 0) is 44.7 Å². The van der Waals surface area contributed by atoms with Crippen molar-refractivity contribution in [1.82, 2.24) is 5.32 Å². The van der Waals surface area contributed by atoms with Crippen LogP contribution in [-0.2, 0) is 14.3 Å². The summed E-state index contributed by atoms with van der Waals surface area (Å²) in [5.74, 6) is -0.112. The van der Waals surface area contributed by atoms with Crippen molar-refractivity contribution in [2.24, 2.45) is 0 Å². The Morgan fingerprint density at radius 3 is 2.48 bits per heavy atom. The maximum absolute atomic E-state index is 11.7. The molecule has 0 spiro atoms. The van der Waals surface area contributed by atoms with Gasteiger partial charge in [0.25, 0.3) is 5.91 Å². The van der Waals surface area contributed by atoms with Gasteiger partial charge in [-0.25, -0.2) is 4.79 Å². The van der Waals surface area contributed by atoms with E-state index in [0.717, 1.165) is 24.0 Å². The molecule has 1 aromatic rings. The van der Waals surface area contributed by atoms with Crippen LogP contribution >= 0.6 is 0 Å². The molecule has 1 aliphatic rings. The predicted molar refractivity (Wildman–Crippen MR) is 78.1 cm³/mol. The van der Waals surface area contributed by atoms with E-state index in [4.69, 9.17) is 9.47 Å². The van der Waals surface area contributed by atoms with Gasteiger partial charge in [0.05, 0.1) is 0 Å². The van der Waals surface area contributed by atoms with Gasteiger partial charge in [-0.1, -0.05) is 18.2 Å². The van der Waals surface area contributed by atoms with Crippen LogP contribution in [-0.4, -0.2) is 30.6 Å². The summed E-state index contributed by atoms with van der Waals surface area (Å²) < 4.78 is 10.6. The Balaban J connectivity index is 1.80. The summed E-state index contributed by atoms with van der Waals surface area (Å²) in [5.41, 5.74) is 1.92. The summed E-state index contributed by atoms with van der Waals surface area (Å²) in [6.45, 7) is 5.19. The van der Waals surface area contributed by atoms with E-state index in [0.29, 0.717) is 5.75 Å². The van der Waals surface area contributed by atoms with Gasteiger partial charge in [-0.15, -0.1) is 0 Å². The molecule has 1 amide bonds. The number of para-hydroxylation sites is 1. The zero-order chi connectivity index (χ0) is 15.4. The van der Waals surface area contributed by atoms with E-state index in [2.05, 4.69) is 5.32 Å². The Hall–Kier alpha value is -2.04. The molecule has 114 valence electrons. The SMILES string of the molecule is Cc1cccc(C)c1OCC(=O)O[C@H](C)C(=O)NC1CC1. The number of benzene rings is 1. The fraction of sp³-hybridized carbons (Fsp3) is 0.500. The molecule has 1 fully saturated rings. The van der Waals surface area contributed by atoms with Crippen molar-refractivity contribution in [2.75, 3.05) is 6.61 Å². The summed E-state index contributed by atoms with van der Waals surface area (Å²) in [5, 5.41) is 2.79. The average molecular weight is 291 g/mol. The quantitative estimate of drug-likeness (QED) is 0.813. The standard InChI is InChI=1S/C16H21NO4/c1-10-5-4-6-11(2)15(10)20-9-14(18)21-12(3)16(19)17-13-7-8-13/h4-6,12-13H,7-9H2,1-3H3,(H,17,19)/t12-/m1/s1. The molecule has 1 aromatic carbocycles. The van der Waals surface area contributed by atoms with Gasteiger partial charge in [0.2, 0.25) is 0 Å². The van der Waals surface area contributed by atoms with Crippen LogP contribution in [0.5, 0.6) is 5.75 Å². The smallest absolute Gasteiger partial charge is 0.344 e. The first-order chi connectivity index (χ1) is 9.97. The highest BCUT2D eigenvalue weighted by Gasteiger charge is 2.27. The molecular weight excluding hydrogens is 270 g/mol. The van der Waals surface area contributed by atoms with Crippen molar-refractivity contribution in [3.63, 3.8) is 0 Å². The largest absolute Gasteiger partial charge is 0.481 e. The molecule has 0 aromatic heterocycles. The van der Waals surface area contributed by atoms with Crippen LogP contribution in [0.25, 0.3) is 0 Å². The number of carbonyl (C=O) groups is 2. The molecule has 5 heteroatoms. The van der Waals surface area contributed by atoms with Gasteiger partial charge in [0.1, 0.15) is 5.75 Å². The predicted octanol–water partition coefficient (Wildman–Crippen LogP) is 1.89. The molecule has 1 N–H and O–H groups in total. The van der Waals surface area contributed by atoms with Gasteiger partial charge >= 0.3 is 5.97 Å². The molecule has 5 nitrogen and oxygen atoms in total. The molecule has 21 heavy (non-hydrogen) atoms. The van der Waals surface area contributed by atoms with Gasteiger partial charge in [0.15, 0.2) is 12.7 Å². The molecule has 0 unspecified atom stereocenters. The summed E-state index contributed by atoms with van der Waals surface area (Å²) >= 11 is 0. The third-order valence-electron chi connectivity index (χ3n) is 3.34. The minimum Gasteiger partial charge on any atom is -0.481 e. The molecule has 1 saturated carbocycles. The number of nitrogens with one attached hydrogen (secondary N) is 1. The van der Waals surface area contributed by atoms with E-state index in [-0.39, 0.29) is 18.6 Å². The van der Waals surface area contributed by atoms with Crippen LogP contribution in [0.2, 0.25) is 0 Å². The molecule has 0 radical (unpaired) electrons. The van der Waals surface area contributed by atoms with Crippen molar-refractivity contribution < 1.29 is 19.1 Å². The first kappa shape index (κ1) is 15.4. The van der Waals surface area contributed by atoms with E-state index >= 15 is 0 Å². The fourth-order valence-electron chi connectivity index (χ4n) is 1.99. The van der Waals surface area contributed by atoms with Gasteiger partial charge < -0.3 is 14.8 Å². The number of esters is 1. The maximum Gasteiger partial charge on any atom is 0.344 e. The topological polar surface area (TPSA) is 64.6 Å². The van der Waals surface area contributed by atoms with Crippen molar-refractivity contribution in [3.8, 4) is 5.75 Å². The lowest BCUT2D eigenvalue weighted by Gasteiger charge is -2.15. The van der Waals surface area contributed by atoms with Crippen molar-refractivity contribution >= 4 is 11.9 Å². The first-order valence-electron chi connectivity index (χ1n) is 7.16. The van der Waals surface area contributed by atoms with Crippen LogP contribution in [0.4, 0.5) is 0 Å². The molecule has 1 aliphatic carbocycles. The van der Waals surface area contributed by atoms with Gasteiger partial charge in [-0.2, -0.15) is 0 Å². The highest BCUT2D eigenvalue weighted by molar-refractivity contribution is 5.84. The molecule has 1 atom stereocenters. The molecular formula is C16H21NO4. The second kappa shape index (κ2) is 6.61. The van der Waals surface area contributed by atoms with Crippen molar-refractivity contribution in [2.45, 2.75) is 45.8 Å².